The summed E-state index contributed by atoms with van der Waals surface area (Å²) in [4.78, 5) is 21.4. The van der Waals surface area contributed by atoms with Crippen molar-refractivity contribution in [3.63, 3.8) is 0 Å². The average Bonchev–Trinajstić information content (AvgIpc) is 2.73. The molecule has 1 amide bonds. The molecule has 0 aliphatic heterocycles. The first-order chi connectivity index (χ1) is 9.04. The summed E-state index contributed by atoms with van der Waals surface area (Å²) in [6.45, 7) is 2.72. The predicted molar refractivity (Wildman–Crippen MR) is 68.1 cm³/mol. The first-order valence-corrected chi connectivity index (χ1v) is 7.11. The number of carbonyl (C=O) groups is 2. The molecular weight excluding hydrogens is 288 g/mol. The number of aliphatic carboxylic acids is 1. The summed E-state index contributed by atoms with van der Waals surface area (Å²) in [5.74, 6) is -1.84. The lowest BCUT2D eigenvalue weighted by molar-refractivity contribution is -0.137. The summed E-state index contributed by atoms with van der Waals surface area (Å²) < 4.78 is 27.4. The second-order valence-corrected chi connectivity index (χ2v) is 6.36. The summed E-state index contributed by atoms with van der Waals surface area (Å²) in [6, 6.07) is 0. The van der Waals surface area contributed by atoms with Gasteiger partial charge in [0.05, 0.1) is 19.2 Å². The lowest BCUT2D eigenvalue weighted by Crippen LogP contribution is -2.52. The van der Waals surface area contributed by atoms with Gasteiger partial charge in [-0.1, -0.05) is 0 Å². The minimum Gasteiger partial charge on any atom is -0.481 e. The van der Waals surface area contributed by atoms with Crippen molar-refractivity contribution in [3.8, 4) is 0 Å². The summed E-state index contributed by atoms with van der Waals surface area (Å²) >= 11 is 0. The Hall–Kier alpha value is -1.94. The van der Waals surface area contributed by atoms with Crippen LogP contribution >= 0.6 is 0 Å². The zero-order valence-electron chi connectivity index (χ0n) is 11.0. The zero-order valence-corrected chi connectivity index (χ0v) is 11.8. The van der Waals surface area contributed by atoms with E-state index in [0.29, 0.717) is 0 Å². The second kappa shape index (κ2) is 5.59. The molecule has 1 rings (SSSR count). The van der Waals surface area contributed by atoms with E-state index < -0.39 is 27.4 Å². The third kappa shape index (κ3) is 4.03. The molecule has 1 heterocycles. The number of sulfonamides is 1. The topological polar surface area (TPSA) is 144 Å². The molecule has 112 valence electrons. The third-order valence-corrected chi connectivity index (χ3v) is 4.09. The number of rotatable bonds is 7. The van der Waals surface area contributed by atoms with Crippen LogP contribution in [0.3, 0.4) is 0 Å². The lowest BCUT2D eigenvalue weighted by Gasteiger charge is -2.21. The molecule has 0 atom stereocenters. The highest BCUT2D eigenvalue weighted by Crippen LogP contribution is 2.12. The van der Waals surface area contributed by atoms with E-state index in [9.17, 15) is 18.0 Å². The molecule has 0 saturated carbocycles. The number of amides is 1. The van der Waals surface area contributed by atoms with Gasteiger partial charge in [-0.05, 0) is 13.8 Å². The third-order valence-electron chi connectivity index (χ3n) is 2.48. The van der Waals surface area contributed by atoms with E-state index in [1.165, 1.54) is 24.7 Å². The zero-order chi connectivity index (χ0) is 15.6. The Balaban J connectivity index is 2.89. The van der Waals surface area contributed by atoms with Gasteiger partial charge in [0.25, 0.3) is 0 Å². The van der Waals surface area contributed by atoms with E-state index >= 15 is 0 Å². The minimum atomic E-state index is -3.96. The summed E-state index contributed by atoms with van der Waals surface area (Å²) in [6.07, 6.45) is 2.07. The van der Waals surface area contributed by atoms with E-state index in [2.05, 4.69) is 9.82 Å². The fourth-order valence-corrected chi connectivity index (χ4v) is 2.60. The van der Waals surface area contributed by atoms with Gasteiger partial charge in [-0.2, -0.15) is 9.82 Å². The van der Waals surface area contributed by atoms with E-state index in [4.69, 9.17) is 10.8 Å². The molecule has 0 unspecified atom stereocenters. The van der Waals surface area contributed by atoms with Crippen molar-refractivity contribution in [2.75, 3.05) is 0 Å². The largest absolute Gasteiger partial charge is 0.481 e. The van der Waals surface area contributed by atoms with Crippen LogP contribution in [0.1, 0.15) is 20.3 Å². The molecule has 1 aromatic rings. The number of aromatic nitrogens is 2. The highest BCUT2D eigenvalue weighted by Gasteiger charge is 2.31. The van der Waals surface area contributed by atoms with Crippen molar-refractivity contribution in [2.24, 2.45) is 5.73 Å². The summed E-state index contributed by atoms with van der Waals surface area (Å²) in [7, 11) is -3.96. The summed E-state index contributed by atoms with van der Waals surface area (Å²) in [5, 5.41) is 12.3. The molecule has 0 aliphatic carbocycles. The number of carbonyl (C=O) groups excluding carboxylic acids is 1. The number of nitrogens with one attached hydrogen (secondary N) is 1. The molecule has 0 aromatic carbocycles. The number of hydrogen-bond donors (Lipinski definition) is 3. The normalized spacial score (nSPS) is 12.3. The molecule has 0 fully saturated rings. The van der Waals surface area contributed by atoms with E-state index in [0.717, 1.165) is 6.20 Å². The van der Waals surface area contributed by atoms with Crippen LogP contribution in [-0.2, 0) is 26.2 Å². The Morgan fingerprint density at radius 2 is 2.10 bits per heavy atom. The molecule has 10 heteroatoms. The van der Waals surface area contributed by atoms with Gasteiger partial charge in [-0.15, -0.1) is 0 Å². The number of nitrogens with zero attached hydrogens (tertiary/aromatic N) is 2. The highest BCUT2D eigenvalue weighted by atomic mass is 32.2. The van der Waals surface area contributed by atoms with Gasteiger partial charge in [0.15, 0.2) is 0 Å². The Kier molecular flexibility index (Phi) is 4.50. The van der Waals surface area contributed by atoms with Crippen molar-refractivity contribution in [1.82, 2.24) is 14.5 Å². The fraction of sp³-hybridized carbons (Fsp3) is 0.500. The number of hydrogen-bond acceptors (Lipinski definition) is 5. The Morgan fingerprint density at radius 1 is 1.50 bits per heavy atom. The van der Waals surface area contributed by atoms with Crippen LogP contribution in [0, 0.1) is 0 Å². The summed E-state index contributed by atoms with van der Waals surface area (Å²) in [5.41, 5.74) is 3.65. The van der Waals surface area contributed by atoms with Gasteiger partial charge >= 0.3 is 5.97 Å². The molecular formula is C10H16N4O5S. The lowest BCUT2D eigenvalue weighted by atomic mass is 10.1. The maximum absolute atomic E-state index is 12.0. The predicted octanol–water partition coefficient (Wildman–Crippen LogP) is -1.10. The van der Waals surface area contributed by atoms with Crippen molar-refractivity contribution in [2.45, 2.75) is 37.2 Å². The number of nitrogens with two attached hydrogens (primary N) is 1. The minimum absolute atomic E-state index is 0.0457. The van der Waals surface area contributed by atoms with Crippen LogP contribution < -0.4 is 10.5 Å². The molecule has 0 aliphatic rings. The monoisotopic (exact) mass is 304 g/mol. The van der Waals surface area contributed by atoms with Crippen molar-refractivity contribution in [3.05, 3.63) is 12.4 Å². The van der Waals surface area contributed by atoms with E-state index in [1.54, 1.807) is 0 Å². The smallest absolute Gasteiger partial charge is 0.305 e. The van der Waals surface area contributed by atoms with Crippen molar-refractivity contribution >= 4 is 21.9 Å². The maximum Gasteiger partial charge on any atom is 0.305 e. The molecule has 0 spiro atoms. The van der Waals surface area contributed by atoms with Gasteiger partial charge in [0.1, 0.15) is 10.4 Å². The molecule has 0 saturated heterocycles. The highest BCUT2D eigenvalue weighted by molar-refractivity contribution is 7.89. The van der Waals surface area contributed by atoms with Crippen LogP contribution in [0.15, 0.2) is 17.3 Å². The molecule has 1 aromatic heterocycles. The Labute approximate surface area is 115 Å². The molecule has 9 nitrogen and oxygen atoms in total. The molecule has 0 bridgehead atoms. The Bertz CT molecular complexity index is 619. The second-order valence-electron chi connectivity index (χ2n) is 4.68. The maximum atomic E-state index is 12.0. The van der Waals surface area contributed by atoms with E-state index in [1.807, 2.05) is 0 Å². The Morgan fingerprint density at radius 3 is 2.60 bits per heavy atom. The van der Waals surface area contributed by atoms with Gasteiger partial charge in [0.2, 0.25) is 15.9 Å². The quantitative estimate of drug-likeness (QED) is 0.583. The number of aryl methyl sites for hydroxylation is 1. The van der Waals surface area contributed by atoms with Gasteiger partial charge in [0, 0.05) is 6.20 Å². The van der Waals surface area contributed by atoms with Crippen LogP contribution in [0.5, 0.6) is 0 Å². The first-order valence-electron chi connectivity index (χ1n) is 5.63. The van der Waals surface area contributed by atoms with Gasteiger partial charge in [-0.25, -0.2) is 8.42 Å². The van der Waals surface area contributed by atoms with Crippen molar-refractivity contribution in [1.29, 1.82) is 0 Å². The SMILES string of the molecule is CC(C)(NS(=O)(=O)c1cnn(CCC(=O)O)c1)C(N)=O. The fourth-order valence-electron chi connectivity index (χ4n) is 1.26. The van der Waals surface area contributed by atoms with Crippen LogP contribution in [-0.4, -0.2) is 40.7 Å². The number of primary amides is 1. The van der Waals surface area contributed by atoms with Crippen LogP contribution in [0.2, 0.25) is 0 Å². The number of carboxylic acid groups (broad SMARTS) is 1. The number of carboxylic acids is 1. The first kappa shape index (κ1) is 16.1. The molecule has 0 radical (unpaired) electrons. The van der Waals surface area contributed by atoms with E-state index in [-0.39, 0.29) is 17.9 Å². The van der Waals surface area contributed by atoms with Crippen LogP contribution in [0.4, 0.5) is 0 Å². The molecule has 4 N–H and O–H groups in total. The molecule has 20 heavy (non-hydrogen) atoms. The van der Waals surface area contributed by atoms with Gasteiger partial charge < -0.3 is 10.8 Å². The van der Waals surface area contributed by atoms with Crippen molar-refractivity contribution < 1.29 is 23.1 Å². The average molecular weight is 304 g/mol. The van der Waals surface area contributed by atoms with Crippen LogP contribution in [0.25, 0.3) is 0 Å². The standard InChI is InChI=1S/C10H16N4O5S/c1-10(2,9(11)17)13-20(18,19)7-5-12-14(6-7)4-3-8(15)16/h5-6,13H,3-4H2,1-2H3,(H2,11,17)(H,15,16). The van der Waals surface area contributed by atoms with Gasteiger partial charge in [-0.3, -0.25) is 14.3 Å².